The minimum Gasteiger partial charge on any atom is -0.338 e. The van der Waals surface area contributed by atoms with Gasteiger partial charge in [0, 0.05) is 44.0 Å². The van der Waals surface area contributed by atoms with Crippen LogP contribution in [0.1, 0.15) is 36.5 Å². The second kappa shape index (κ2) is 6.20. The summed E-state index contributed by atoms with van der Waals surface area (Å²) in [6.07, 6.45) is 5.99. The van der Waals surface area contributed by atoms with Gasteiger partial charge in [-0.1, -0.05) is 0 Å². The van der Waals surface area contributed by atoms with Crippen LogP contribution in [0.25, 0.3) is 0 Å². The van der Waals surface area contributed by atoms with Gasteiger partial charge in [0.2, 0.25) is 10.0 Å². The van der Waals surface area contributed by atoms with E-state index in [4.69, 9.17) is 0 Å². The van der Waals surface area contributed by atoms with Gasteiger partial charge in [-0.25, -0.2) is 12.7 Å². The zero-order chi connectivity index (χ0) is 16.5. The predicted octanol–water partition coefficient (Wildman–Crippen LogP) is 1.36. The summed E-state index contributed by atoms with van der Waals surface area (Å²) < 4.78 is 25.8. The van der Waals surface area contributed by atoms with E-state index in [0.29, 0.717) is 25.2 Å². The number of rotatable bonds is 3. The lowest BCUT2D eigenvalue weighted by Crippen LogP contribution is -2.47. The SMILES string of the molecule is CCS(=O)(=O)N1CC[C@@]2(CCCN(C(=O)c3cccnc3)C2)C1. The molecule has 0 aromatic carbocycles. The van der Waals surface area contributed by atoms with Crippen molar-refractivity contribution in [3.63, 3.8) is 0 Å². The maximum absolute atomic E-state index is 12.6. The molecular formula is C16H23N3O3S. The number of hydrogen-bond acceptors (Lipinski definition) is 4. The highest BCUT2D eigenvalue weighted by atomic mass is 32.2. The molecule has 0 saturated carbocycles. The molecule has 6 nitrogen and oxygen atoms in total. The fraction of sp³-hybridized carbons (Fsp3) is 0.625. The van der Waals surface area contributed by atoms with Crippen LogP contribution in [0.2, 0.25) is 0 Å². The number of aromatic nitrogens is 1. The second-order valence-electron chi connectivity index (χ2n) is 6.56. The number of piperidine rings is 1. The quantitative estimate of drug-likeness (QED) is 0.835. The van der Waals surface area contributed by atoms with Crippen LogP contribution in [0.5, 0.6) is 0 Å². The Labute approximate surface area is 137 Å². The average Bonchev–Trinajstić information content (AvgIpc) is 2.99. The van der Waals surface area contributed by atoms with Crippen LogP contribution in [0.15, 0.2) is 24.5 Å². The van der Waals surface area contributed by atoms with E-state index in [1.54, 1.807) is 35.8 Å². The lowest BCUT2D eigenvalue weighted by Gasteiger charge is -2.40. The largest absolute Gasteiger partial charge is 0.338 e. The minimum atomic E-state index is -3.14. The van der Waals surface area contributed by atoms with Crippen molar-refractivity contribution >= 4 is 15.9 Å². The van der Waals surface area contributed by atoms with Gasteiger partial charge in [0.05, 0.1) is 11.3 Å². The molecule has 0 aliphatic carbocycles. The number of carbonyl (C=O) groups excluding carboxylic acids is 1. The van der Waals surface area contributed by atoms with Crippen LogP contribution in [0, 0.1) is 5.41 Å². The Morgan fingerprint density at radius 1 is 1.30 bits per heavy atom. The minimum absolute atomic E-state index is 0.00558. The van der Waals surface area contributed by atoms with E-state index < -0.39 is 10.0 Å². The van der Waals surface area contributed by atoms with Crippen molar-refractivity contribution in [1.29, 1.82) is 0 Å². The molecule has 2 saturated heterocycles. The first-order valence-electron chi connectivity index (χ1n) is 8.13. The third-order valence-electron chi connectivity index (χ3n) is 5.02. The van der Waals surface area contributed by atoms with Crippen LogP contribution in [0.3, 0.4) is 0 Å². The van der Waals surface area contributed by atoms with Gasteiger partial charge in [0.25, 0.3) is 5.91 Å². The Bertz CT molecular complexity index is 677. The fourth-order valence-corrected chi connectivity index (χ4v) is 4.91. The van der Waals surface area contributed by atoms with Crippen molar-refractivity contribution in [3.05, 3.63) is 30.1 Å². The summed E-state index contributed by atoms with van der Waals surface area (Å²) in [5.41, 5.74) is 0.513. The summed E-state index contributed by atoms with van der Waals surface area (Å²) in [7, 11) is -3.14. The van der Waals surface area contributed by atoms with Crippen molar-refractivity contribution in [2.45, 2.75) is 26.2 Å². The third-order valence-corrected chi connectivity index (χ3v) is 6.85. The van der Waals surface area contributed by atoms with E-state index in [1.807, 2.05) is 4.90 Å². The molecule has 3 heterocycles. The third kappa shape index (κ3) is 3.26. The topological polar surface area (TPSA) is 70.6 Å². The Morgan fingerprint density at radius 2 is 2.13 bits per heavy atom. The first-order chi connectivity index (χ1) is 11.0. The Hall–Kier alpha value is -1.47. The van der Waals surface area contributed by atoms with Crippen molar-refractivity contribution in [1.82, 2.24) is 14.2 Å². The van der Waals surface area contributed by atoms with Crippen molar-refractivity contribution in [3.8, 4) is 0 Å². The van der Waals surface area contributed by atoms with Crippen LogP contribution >= 0.6 is 0 Å². The Morgan fingerprint density at radius 3 is 2.83 bits per heavy atom. The normalized spacial score (nSPS) is 25.9. The first-order valence-corrected chi connectivity index (χ1v) is 9.74. The molecule has 1 amide bonds. The zero-order valence-corrected chi connectivity index (χ0v) is 14.3. The molecule has 1 aromatic heterocycles. The van der Waals surface area contributed by atoms with Crippen LogP contribution in [-0.2, 0) is 10.0 Å². The molecule has 0 N–H and O–H groups in total. The number of hydrogen-bond donors (Lipinski definition) is 0. The van der Waals surface area contributed by atoms with Crippen molar-refractivity contribution in [2.24, 2.45) is 5.41 Å². The van der Waals surface area contributed by atoms with Gasteiger partial charge in [0.15, 0.2) is 0 Å². The zero-order valence-electron chi connectivity index (χ0n) is 13.4. The van der Waals surface area contributed by atoms with Gasteiger partial charge >= 0.3 is 0 Å². The van der Waals surface area contributed by atoms with E-state index in [1.165, 1.54) is 0 Å². The van der Waals surface area contributed by atoms with Crippen LogP contribution in [0.4, 0.5) is 0 Å². The summed E-state index contributed by atoms with van der Waals surface area (Å²) in [4.78, 5) is 18.5. The monoisotopic (exact) mass is 337 g/mol. The first kappa shape index (κ1) is 16.4. The summed E-state index contributed by atoms with van der Waals surface area (Å²) in [6.45, 7) is 4.16. The summed E-state index contributed by atoms with van der Waals surface area (Å²) in [5.74, 6) is 0.135. The van der Waals surface area contributed by atoms with Crippen LogP contribution in [-0.4, -0.2) is 60.4 Å². The van der Waals surface area contributed by atoms with Crippen LogP contribution < -0.4 is 0 Å². The lowest BCUT2D eigenvalue weighted by atomic mass is 9.79. The molecule has 7 heteroatoms. The van der Waals surface area contributed by atoms with Gasteiger partial charge < -0.3 is 4.90 Å². The smallest absolute Gasteiger partial charge is 0.255 e. The number of likely N-dealkylation sites (tertiary alicyclic amines) is 1. The Kier molecular flexibility index (Phi) is 4.42. The summed E-state index contributed by atoms with van der Waals surface area (Å²) in [6, 6.07) is 3.54. The van der Waals surface area contributed by atoms with E-state index in [2.05, 4.69) is 4.98 Å². The maximum Gasteiger partial charge on any atom is 0.255 e. The fourth-order valence-electron chi connectivity index (χ4n) is 3.70. The standard InChI is InChI=1S/C16H23N3O3S/c1-2-23(21,22)19-10-7-16(13-19)6-4-9-18(12-16)15(20)14-5-3-8-17-11-14/h3,5,8,11H,2,4,6-7,9-10,12-13H2,1H3/t16-/m1/s1. The molecule has 126 valence electrons. The average molecular weight is 337 g/mol. The van der Waals surface area contributed by atoms with E-state index in [-0.39, 0.29) is 17.1 Å². The summed E-state index contributed by atoms with van der Waals surface area (Å²) >= 11 is 0. The Balaban J connectivity index is 1.73. The number of nitrogens with zero attached hydrogens (tertiary/aromatic N) is 3. The maximum atomic E-state index is 12.6. The highest BCUT2D eigenvalue weighted by Gasteiger charge is 2.45. The summed E-state index contributed by atoms with van der Waals surface area (Å²) in [5, 5.41) is 0. The van der Waals surface area contributed by atoms with E-state index in [9.17, 15) is 13.2 Å². The highest BCUT2D eigenvalue weighted by Crippen LogP contribution is 2.40. The number of amides is 1. The molecule has 0 unspecified atom stereocenters. The van der Waals surface area contributed by atoms with Gasteiger partial charge in [-0.15, -0.1) is 0 Å². The van der Waals surface area contributed by atoms with E-state index in [0.717, 1.165) is 25.8 Å². The molecule has 3 rings (SSSR count). The molecule has 1 atom stereocenters. The number of carbonyl (C=O) groups is 1. The molecule has 1 aromatic rings. The molecule has 0 radical (unpaired) electrons. The second-order valence-corrected chi connectivity index (χ2v) is 8.81. The highest BCUT2D eigenvalue weighted by molar-refractivity contribution is 7.89. The van der Waals surface area contributed by atoms with Gasteiger partial charge in [-0.05, 0) is 38.3 Å². The van der Waals surface area contributed by atoms with E-state index >= 15 is 0 Å². The van der Waals surface area contributed by atoms with Gasteiger partial charge in [-0.3, -0.25) is 9.78 Å². The van der Waals surface area contributed by atoms with Crippen molar-refractivity contribution < 1.29 is 13.2 Å². The molecule has 1 spiro atoms. The molecule has 23 heavy (non-hydrogen) atoms. The molecular weight excluding hydrogens is 314 g/mol. The molecule has 2 aliphatic rings. The van der Waals surface area contributed by atoms with Gasteiger partial charge in [0.1, 0.15) is 0 Å². The number of pyridine rings is 1. The molecule has 0 bridgehead atoms. The van der Waals surface area contributed by atoms with Crippen molar-refractivity contribution in [2.75, 3.05) is 31.9 Å². The predicted molar refractivity (Wildman–Crippen MR) is 87.5 cm³/mol. The number of sulfonamides is 1. The molecule has 2 fully saturated rings. The lowest BCUT2D eigenvalue weighted by molar-refractivity contribution is 0.0543. The molecule has 2 aliphatic heterocycles. The van der Waals surface area contributed by atoms with Gasteiger partial charge in [-0.2, -0.15) is 0 Å².